The molecule has 2 rings (SSSR count). The molecule has 1 saturated heterocycles. The van der Waals surface area contributed by atoms with Crippen LogP contribution in [0.2, 0.25) is 0 Å². The maximum atomic E-state index is 10.6. The molecule has 0 radical (unpaired) electrons. The van der Waals surface area contributed by atoms with Crippen molar-refractivity contribution in [2.45, 2.75) is 44.4 Å². The third-order valence-corrected chi connectivity index (χ3v) is 4.66. The van der Waals surface area contributed by atoms with Gasteiger partial charge in [0.15, 0.2) is 0 Å². The third-order valence-electron chi connectivity index (χ3n) is 4.66. The topological polar surface area (TPSA) is 26.7 Å². The van der Waals surface area contributed by atoms with Crippen molar-refractivity contribution in [1.82, 2.24) is 9.80 Å². The number of rotatable bonds is 6. The minimum Gasteiger partial charge on any atom is -0.387 e. The van der Waals surface area contributed by atoms with Gasteiger partial charge in [0, 0.05) is 18.6 Å². The first-order chi connectivity index (χ1) is 9.63. The van der Waals surface area contributed by atoms with E-state index in [1.54, 1.807) is 0 Å². The van der Waals surface area contributed by atoms with E-state index in [0.29, 0.717) is 6.04 Å². The Labute approximate surface area is 123 Å². The number of nitrogens with zero attached hydrogens (tertiary/aromatic N) is 2. The summed E-state index contributed by atoms with van der Waals surface area (Å²) >= 11 is 0. The van der Waals surface area contributed by atoms with Crippen LogP contribution >= 0.6 is 0 Å². The van der Waals surface area contributed by atoms with Crippen LogP contribution in [-0.2, 0) is 0 Å². The highest BCUT2D eigenvalue weighted by Gasteiger charge is 2.28. The molecule has 0 saturated carbocycles. The summed E-state index contributed by atoms with van der Waals surface area (Å²) in [5.74, 6) is 0. The van der Waals surface area contributed by atoms with Crippen LogP contribution in [0.5, 0.6) is 0 Å². The van der Waals surface area contributed by atoms with Crippen molar-refractivity contribution in [3.05, 3.63) is 35.9 Å². The average Bonchev–Trinajstić information content (AvgIpc) is 2.86. The Bertz CT molecular complexity index is 395. The van der Waals surface area contributed by atoms with Gasteiger partial charge in [-0.25, -0.2) is 0 Å². The lowest BCUT2D eigenvalue weighted by Gasteiger charge is -2.34. The highest BCUT2D eigenvalue weighted by molar-refractivity contribution is 5.18. The van der Waals surface area contributed by atoms with Gasteiger partial charge >= 0.3 is 0 Å². The maximum absolute atomic E-state index is 10.6. The fraction of sp³-hybridized carbons (Fsp3) is 0.647. The van der Waals surface area contributed by atoms with Crippen LogP contribution in [0, 0.1) is 0 Å². The Hall–Kier alpha value is -0.900. The fourth-order valence-electron chi connectivity index (χ4n) is 3.33. The second-order valence-electron chi connectivity index (χ2n) is 6.05. The molecule has 1 heterocycles. The standard InChI is InChI=1S/C17H28N2O/c1-4-16(17(20)14-9-6-5-7-10-14)19(3)13-15-11-8-12-18(15)2/h5-7,9-10,15-17,20H,4,8,11-13H2,1-3H3. The summed E-state index contributed by atoms with van der Waals surface area (Å²) in [6, 6.07) is 10.8. The fourth-order valence-corrected chi connectivity index (χ4v) is 3.33. The molecule has 0 spiro atoms. The van der Waals surface area contributed by atoms with E-state index in [-0.39, 0.29) is 6.04 Å². The second kappa shape index (κ2) is 7.21. The van der Waals surface area contributed by atoms with Crippen LogP contribution in [0.3, 0.4) is 0 Å². The Balaban J connectivity index is 1.99. The van der Waals surface area contributed by atoms with Crippen molar-refractivity contribution in [3.8, 4) is 0 Å². The van der Waals surface area contributed by atoms with Crippen LogP contribution in [0.1, 0.15) is 37.9 Å². The Morgan fingerprint density at radius 2 is 2.05 bits per heavy atom. The summed E-state index contributed by atoms with van der Waals surface area (Å²) in [6.45, 7) is 4.40. The Morgan fingerprint density at radius 1 is 1.35 bits per heavy atom. The first kappa shape index (κ1) is 15.5. The van der Waals surface area contributed by atoms with Gasteiger partial charge in [-0.15, -0.1) is 0 Å². The summed E-state index contributed by atoms with van der Waals surface area (Å²) in [4.78, 5) is 4.78. The molecule has 3 heteroatoms. The number of likely N-dealkylation sites (tertiary alicyclic amines) is 1. The lowest BCUT2D eigenvalue weighted by molar-refractivity contribution is 0.0491. The number of hydrogen-bond donors (Lipinski definition) is 1. The smallest absolute Gasteiger partial charge is 0.0944 e. The van der Waals surface area contributed by atoms with Gasteiger partial charge in [-0.3, -0.25) is 4.90 Å². The number of benzene rings is 1. The molecule has 1 aliphatic heterocycles. The van der Waals surface area contributed by atoms with Crippen LogP contribution in [-0.4, -0.2) is 54.2 Å². The van der Waals surface area contributed by atoms with Gasteiger partial charge in [-0.05, 0) is 45.5 Å². The van der Waals surface area contributed by atoms with Gasteiger partial charge in [0.2, 0.25) is 0 Å². The van der Waals surface area contributed by atoms with Crippen molar-refractivity contribution in [1.29, 1.82) is 0 Å². The van der Waals surface area contributed by atoms with Crippen molar-refractivity contribution in [2.75, 3.05) is 27.2 Å². The number of likely N-dealkylation sites (N-methyl/N-ethyl adjacent to an activating group) is 2. The highest BCUT2D eigenvalue weighted by atomic mass is 16.3. The molecule has 1 aliphatic rings. The minimum atomic E-state index is -0.405. The Morgan fingerprint density at radius 3 is 2.60 bits per heavy atom. The summed E-state index contributed by atoms with van der Waals surface area (Å²) in [6.07, 6.45) is 3.13. The SMILES string of the molecule is CCC(C(O)c1ccccc1)N(C)CC1CCCN1C. The van der Waals surface area contributed by atoms with Crippen molar-refractivity contribution in [2.24, 2.45) is 0 Å². The summed E-state index contributed by atoms with van der Waals surface area (Å²) < 4.78 is 0. The predicted octanol–water partition coefficient (Wildman–Crippen LogP) is 2.52. The lowest BCUT2D eigenvalue weighted by Crippen LogP contribution is -2.43. The third kappa shape index (κ3) is 3.60. The van der Waals surface area contributed by atoms with Gasteiger partial charge in [0.1, 0.15) is 0 Å². The van der Waals surface area contributed by atoms with E-state index in [9.17, 15) is 5.11 Å². The van der Waals surface area contributed by atoms with Gasteiger partial charge in [-0.1, -0.05) is 37.3 Å². The molecule has 1 N–H and O–H groups in total. The molecule has 0 bridgehead atoms. The van der Waals surface area contributed by atoms with E-state index in [2.05, 4.69) is 30.8 Å². The second-order valence-corrected chi connectivity index (χ2v) is 6.05. The highest BCUT2D eigenvalue weighted by Crippen LogP contribution is 2.24. The molecule has 0 aromatic heterocycles. The van der Waals surface area contributed by atoms with Crippen LogP contribution in [0.25, 0.3) is 0 Å². The molecular formula is C17H28N2O. The molecule has 1 fully saturated rings. The van der Waals surface area contributed by atoms with E-state index in [4.69, 9.17) is 0 Å². The average molecular weight is 276 g/mol. The normalized spacial score (nSPS) is 23.1. The molecule has 1 aromatic carbocycles. The van der Waals surface area contributed by atoms with Gasteiger partial charge < -0.3 is 10.0 Å². The van der Waals surface area contributed by atoms with Crippen LogP contribution in [0.4, 0.5) is 0 Å². The molecule has 3 nitrogen and oxygen atoms in total. The molecular weight excluding hydrogens is 248 g/mol. The zero-order valence-electron chi connectivity index (χ0n) is 13.0. The van der Waals surface area contributed by atoms with E-state index >= 15 is 0 Å². The van der Waals surface area contributed by atoms with E-state index in [0.717, 1.165) is 18.5 Å². The van der Waals surface area contributed by atoms with E-state index < -0.39 is 6.10 Å². The molecule has 0 aliphatic carbocycles. The van der Waals surface area contributed by atoms with Crippen molar-refractivity contribution >= 4 is 0 Å². The predicted molar refractivity (Wildman–Crippen MR) is 83.8 cm³/mol. The molecule has 20 heavy (non-hydrogen) atoms. The molecule has 3 atom stereocenters. The van der Waals surface area contributed by atoms with E-state index in [1.165, 1.54) is 19.4 Å². The largest absolute Gasteiger partial charge is 0.387 e. The zero-order valence-corrected chi connectivity index (χ0v) is 13.0. The first-order valence-corrected chi connectivity index (χ1v) is 7.77. The van der Waals surface area contributed by atoms with Crippen LogP contribution < -0.4 is 0 Å². The number of hydrogen-bond acceptors (Lipinski definition) is 3. The number of aliphatic hydroxyl groups excluding tert-OH is 1. The molecule has 3 unspecified atom stereocenters. The van der Waals surface area contributed by atoms with Crippen molar-refractivity contribution in [3.63, 3.8) is 0 Å². The summed E-state index contributed by atoms with van der Waals surface area (Å²) in [7, 11) is 4.35. The minimum absolute atomic E-state index is 0.186. The van der Waals surface area contributed by atoms with Gasteiger partial charge in [0.25, 0.3) is 0 Å². The summed E-state index contributed by atoms with van der Waals surface area (Å²) in [5.41, 5.74) is 1.02. The maximum Gasteiger partial charge on any atom is 0.0944 e. The van der Waals surface area contributed by atoms with Crippen LogP contribution in [0.15, 0.2) is 30.3 Å². The molecule has 112 valence electrons. The van der Waals surface area contributed by atoms with Gasteiger partial charge in [0.05, 0.1) is 6.10 Å². The number of aliphatic hydroxyl groups is 1. The summed E-state index contributed by atoms with van der Waals surface area (Å²) in [5, 5.41) is 10.6. The lowest BCUT2D eigenvalue weighted by atomic mass is 9.98. The Kier molecular flexibility index (Phi) is 5.58. The quantitative estimate of drug-likeness (QED) is 0.865. The zero-order chi connectivity index (χ0) is 14.5. The molecule has 1 aromatic rings. The molecule has 0 amide bonds. The first-order valence-electron chi connectivity index (χ1n) is 7.77. The van der Waals surface area contributed by atoms with Gasteiger partial charge in [-0.2, -0.15) is 0 Å². The van der Waals surface area contributed by atoms with E-state index in [1.807, 2.05) is 30.3 Å². The monoisotopic (exact) mass is 276 g/mol. The van der Waals surface area contributed by atoms with Crippen molar-refractivity contribution < 1.29 is 5.11 Å².